The number of thioether (sulfide) groups is 1. The van der Waals surface area contributed by atoms with Gasteiger partial charge in [0.2, 0.25) is 5.16 Å². The molecule has 25 heavy (non-hydrogen) atoms. The number of benzene rings is 1. The number of aromatic amines is 2. The first-order valence-corrected chi connectivity index (χ1v) is 9.77. The third-order valence-electron chi connectivity index (χ3n) is 4.97. The van der Waals surface area contributed by atoms with Crippen LogP contribution < -0.4 is 0 Å². The number of fused-ring (bicyclic) bond motifs is 1. The van der Waals surface area contributed by atoms with E-state index in [1.807, 2.05) is 31.2 Å². The largest absolute Gasteiger partial charge is 0.360 e. The van der Waals surface area contributed by atoms with Gasteiger partial charge in [0.15, 0.2) is 5.78 Å². The highest BCUT2D eigenvalue weighted by atomic mass is 32.2. The van der Waals surface area contributed by atoms with Gasteiger partial charge in [-0.25, -0.2) is 4.98 Å². The lowest BCUT2D eigenvalue weighted by Crippen LogP contribution is -2.13. The van der Waals surface area contributed by atoms with Gasteiger partial charge in [0.1, 0.15) is 5.82 Å². The second-order valence-corrected chi connectivity index (χ2v) is 8.10. The summed E-state index contributed by atoms with van der Waals surface area (Å²) in [7, 11) is 0. The van der Waals surface area contributed by atoms with Gasteiger partial charge >= 0.3 is 0 Å². The Morgan fingerprint density at radius 3 is 2.96 bits per heavy atom. The highest BCUT2D eigenvalue weighted by molar-refractivity contribution is 8.00. The molecule has 130 valence electrons. The molecule has 1 aliphatic rings. The average Bonchev–Trinajstić information content (AvgIpc) is 3.35. The van der Waals surface area contributed by atoms with Crippen molar-refractivity contribution in [2.45, 2.75) is 49.4 Å². The number of H-pyrrole nitrogens is 2. The van der Waals surface area contributed by atoms with Crippen molar-refractivity contribution in [2.24, 2.45) is 5.92 Å². The molecule has 1 atom stereocenters. The van der Waals surface area contributed by atoms with E-state index < -0.39 is 0 Å². The molecule has 0 saturated heterocycles. The van der Waals surface area contributed by atoms with E-state index >= 15 is 0 Å². The van der Waals surface area contributed by atoms with Crippen LogP contribution in [0.25, 0.3) is 10.9 Å². The fourth-order valence-electron chi connectivity index (χ4n) is 3.62. The van der Waals surface area contributed by atoms with Gasteiger partial charge in [-0.3, -0.25) is 9.89 Å². The molecule has 1 unspecified atom stereocenters. The molecule has 0 amide bonds. The SMILES string of the molecule is CC(Sc1n[nH]c(CC2CCCC2)n1)C(=O)c1c[nH]c2ccccc12. The van der Waals surface area contributed by atoms with Crippen LogP contribution in [0.5, 0.6) is 0 Å². The van der Waals surface area contributed by atoms with Gasteiger partial charge in [0.05, 0.1) is 5.25 Å². The first-order chi connectivity index (χ1) is 12.2. The molecule has 0 bridgehead atoms. The summed E-state index contributed by atoms with van der Waals surface area (Å²) in [5.41, 5.74) is 1.72. The highest BCUT2D eigenvalue weighted by Crippen LogP contribution is 2.29. The highest BCUT2D eigenvalue weighted by Gasteiger charge is 2.22. The Morgan fingerprint density at radius 1 is 1.32 bits per heavy atom. The van der Waals surface area contributed by atoms with E-state index in [0.29, 0.717) is 5.16 Å². The van der Waals surface area contributed by atoms with Crippen molar-refractivity contribution in [2.75, 3.05) is 0 Å². The van der Waals surface area contributed by atoms with Crippen LogP contribution in [0.15, 0.2) is 35.6 Å². The van der Waals surface area contributed by atoms with E-state index in [2.05, 4.69) is 20.2 Å². The predicted molar refractivity (Wildman–Crippen MR) is 100.0 cm³/mol. The minimum Gasteiger partial charge on any atom is -0.360 e. The summed E-state index contributed by atoms with van der Waals surface area (Å²) in [6.45, 7) is 1.92. The molecule has 3 aromatic rings. The molecule has 0 radical (unpaired) electrons. The Balaban J connectivity index is 1.43. The third kappa shape index (κ3) is 3.49. The smallest absolute Gasteiger partial charge is 0.209 e. The van der Waals surface area contributed by atoms with Crippen LogP contribution in [0.4, 0.5) is 0 Å². The van der Waals surface area contributed by atoms with Gasteiger partial charge < -0.3 is 4.98 Å². The van der Waals surface area contributed by atoms with Crippen LogP contribution in [0.2, 0.25) is 0 Å². The second kappa shape index (κ2) is 7.04. The summed E-state index contributed by atoms with van der Waals surface area (Å²) in [4.78, 5) is 20.5. The number of rotatable bonds is 6. The second-order valence-electron chi connectivity index (χ2n) is 6.79. The predicted octanol–water partition coefficient (Wildman–Crippen LogP) is 4.38. The minimum absolute atomic E-state index is 0.101. The maximum Gasteiger partial charge on any atom is 0.209 e. The topological polar surface area (TPSA) is 74.4 Å². The minimum atomic E-state index is -0.227. The Kier molecular flexibility index (Phi) is 4.61. The Bertz CT molecular complexity index is 878. The lowest BCUT2D eigenvalue weighted by atomic mass is 10.0. The van der Waals surface area contributed by atoms with Crippen molar-refractivity contribution in [1.29, 1.82) is 0 Å². The third-order valence-corrected chi connectivity index (χ3v) is 5.94. The molecule has 0 aliphatic heterocycles. The zero-order valence-corrected chi connectivity index (χ0v) is 15.1. The fourth-order valence-corrected chi connectivity index (χ4v) is 4.43. The molecule has 1 fully saturated rings. The van der Waals surface area contributed by atoms with E-state index in [1.54, 1.807) is 6.20 Å². The van der Waals surface area contributed by atoms with Crippen molar-refractivity contribution < 1.29 is 4.79 Å². The molecule has 1 aliphatic carbocycles. The van der Waals surface area contributed by atoms with E-state index in [-0.39, 0.29) is 11.0 Å². The van der Waals surface area contributed by atoms with Crippen molar-refractivity contribution in [3.8, 4) is 0 Å². The zero-order chi connectivity index (χ0) is 17.2. The summed E-state index contributed by atoms with van der Waals surface area (Å²) in [6.07, 6.45) is 8.01. The standard InChI is InChI=1S/C19H22N4OS/c1-12(18(24)15-11-20-16-9-5-4-8-14(15)16)25-19-21-17(22-23-19)10-13-6-2-3-7-13/h4-5,8-9,11-13,20H,2-3,6-7,10H2,1H3,(H,21,22,23). The molecule has 2 heterocycles. The number of ketones is 1. The lowest BCUT2D eigenvalue weighted by Gasteiger charge is -2.07. The monoisotopic (exact) mass is 354 g/mol. The summed E-state index contributed by atoms with van der Waals surface area (Å²) in [6, 6.07) is 7.87. The van der Waals surface area contributed by atoms with Crippen molar-refractivity contribution >= 4 is 28.4 Å². The average molecular weight is 354 g/mol. The van der Waals surface area contributed by atoms with Gasteiger partial charge in [-0.2, -0.15) is 0 Å². The number of nitrogens with zero attached hydrogens (tertiary/aromatic N) is 2. The normalized spacial score (nSPS) is 16.5. The number of carbonyl (C=O) groups is 1. The molecule has 4 rings (SSSR count). The number of hydrogen-bond acceptors (Lipinski definition) is 4. The van der Waals surface area contributed by atoms with Gasteiger partial charge in [0, 0.05) is 29.1 Å². The Labute approximate surface area is 151 Å². The number of nitrogens with one attached hydrogen (secondary N) is 2. The van der Waals surface area contributed by atoms with Crippen molar-refractivity contribution in [3.63, 3.8) is 0 Å². The Hall–Kier alpha value is -2.08. The lowest BCUT2D eigenvalue weighted by molar-refractivity contribution is 0.0995. The van der Waals surface area contributed by atoms with Crippen LogP contribution in [-0.2, 0) is 6.42 Å². The molecule has 6 heteroatoms. The molecule has 1 saturated carbocycles. The van der Waals surface area contributed by atoms with Crippen LogP contribution in [0, 0.1) is 5.92 Å². The van der Waals surface area contributed by atoms with Crippen LogP contribution in [-0.4, -0.2) is 31.2 Å². The van der Waals surface area contributed by atoms with Crippen molar-refractivity contribution in [3.05, 3.63) is 41.9 Å². The van der Waals surface area contributed by atoms with E-state index in [4.69, 9.17) is 0 Å². The first kappa shape index (κ1) is 16.4. The summed E-state index contributed by atoms with van der Waals surface area (Å²) in [5, 5.41) is 8.74. The first-order valence-electron chi connectivity index (χ1n) is 8.89. The number of aromatic nitrogens is 4. The number of hydrogen-bond donors (Lipinski definition) is 2. The number of carbonyl (C=O) groups excluding carboxylic acids is 1. The number of para-hydroxylation sites is 1. The maximum absolute atomic E-state index is 12.8. The van der Waals surface area contributed by atoms with Gasteiger partial charge in [0.25, 0.3) is 0 Å². The zero-order valence-electron chi connectivity index (χ0n) is 14.3. The summed E-state index contributed by atoms with van der Waals surface area (Å²) in [5.74, 6) is 1.78. The molecule has 2 aromatic heterocycles. The molecular weight excluding hydrogens is 332 g/mol. The molecule has 0 spiro atoms. The molecule has 2 N–H and O–H groups in total. The van der Waals surface area contributed by atoms with Gasteiger partial charge in [-0.1, -0.05) is 55.6 Å². The Morgan fingerprint density at radius 2 is 2.12 bits per heavy atom. The number of Topliss-reactive ketones (excluding diaryl/α,β-unsaturated/α-hetero) is 1. The fraction of sp³-hybridized carbons (Fsp3) is 0.421. The van der Waals surface area contributed by atoms with E-state index in [0.717, 1.165) is 34.6 Å². The summed E-state index contributed by atoms with van der Waals surface area (Å²) < 4.78 is 0. The molecule has 1 aromatic carbocycles. The van der Waals surface area contributed by atoms with E-state index in [9.17, 15) is 4.79 Å². The van der Waals surface area contributed by atoms with Crippen molar-refractivity contribution in [1.82, 2.24) is 20.2 Å². The quantitative estimate of drug-likeness (QED) is 0.509. The van der Waals surface area contributed by atoms with Crippen LogP contribution in [0.1, 0.15) is 48.8 Å². The van der Waals surface area contributed by atoms with Crippen LogP contribution in [0.3, 0.4) is 0 Å². The molecule has 5 nitrogen and oxygen atoms in total. The molecular formula is C19H22N4OS. The van der Waals surface area contributed by atoms with Gasteiger partial charge in [-0.05, 0) is 18.9 Å². The van der Waals surface area contributed by atoms with Crippen LogP contribution >= 0.6 is 11.8 Å². The van der Waals surface area contributed by atoms with Gasteiger partial charge in [-0.15, -0.1) is 5.10 Å². The van der Waals surface area contributed by atoms with E-state index in [1.165, 1.54) is 37.4 Å². The maximum atomic E-state index is 12.8. The summed E-state index contributed by atoms with van der Waals surface area (Å²) >= 11 is 1.42.